The molecule has 5 aliphatic rings. The van der Waals surface area contributed by atoms with Crippen LogP contribution >= 0.6 is 15.9 Å². The van der Waals surface area contributed by atoms with Crippen molar-refractivity contribution in [2.75, 3.05) is 6.61 Å². The van der Waals surface area contributed by atoms with E-state index in [-0.39, 0.29) is 12.0 Å². The maximum atomic E-state index is 12.3. The first-order chi connectivity index (χ1) is 18.1. The summed E-state index contributed by atoms with van der Waals surface area (Å²) in [6.07, 6.45) is 10.4. The minimum atomic E-state index is -0.619. The Morgan fingerprint density at radius 1 is 1.00 bits per heavy atom. The molecule has 1 aromatic carbocycles. The first-order valence-electron chi connectivity index (χ1n) is 15.0. The Bertz CT molecular complexity index is 1070. The molecule has 0 radical (unpaired) electrons. The molecule has 5 fully saturated rings. The topological polar surface area (TPSA) is 44.8 Å². The lowest BCUT2D eigenvalue weighted by Gasteiger charge is -2.62. The minimum Gasteiger partial charge on any atom is -0.344 e. The molecule has 4 saturated carbocycles. The van der Waals surface area contributed by atoms with E-state index >= 15 is 0 Å². The summed E-state index contributed by atoms with van der Waals surface area (Å²) in [6.45, 7) is 13.9. The van der Waals surface area contributed by atoms with Crippen molar-refractivity contribution in [1.82, 2.24) is 0 Å². The molecule has 0 amide bonds. The van der Waals surface area contributed by atoms with Crippen LogP contribution in [0.15, 0.2) is 35.3 Å². The first kappa shape index (κ1) is 27.2. The molecular formula is C33H45BrO4. The average Bonchev–Trinajstić information content (AvgIpc) is 3.26. The fourth-order valence-corrected chi connectivity index (χ4v) is 10.2. The number of Topliss-reactive ketones (excluding diaryl/α,β-unsaturated/α-hetero) is 1. The van der Waals surface area contributed by atoms with Gasteiger partial charge in [-0.15, -0.1) is 0 Å². The molecule has 1 saturated heterocycles. The smallest absolute Gasteiger partial charge is 0.202 e. The number of fused-ring (bicyclic) bond motifs is 5. The third-order valence-corrected chi connectivity index (χ3v) is 12.9. The molecule has 208 valence electrons. The number of carbonyl (C=O) groups excluding carboxylic acids is 1. The molecule has 1 heterocycles. The number of benzene rings is 1. The molecular weight excluding hydrogens is 540 g/mol. The fraction of sp³-hybridized carbons (Fsp3) is 0.727. The largest absolute Gasteiger partial charge is 0.344 e. The Labute approximate surface area is 237 Å². The molecule has 38 heavy (non-hydrogen) atoms. The summed E-state index contributed by atoms with van der Waals surface area (Å²) in [7, 11) is 0. The molecule has 0 aromatic heterocycles. The van der Waals surface area contributed by atoms with Gasteiger partial charge in [0.05, 0.1) is 6.61 Å². The van der Waals surface area contributed by atoms with E-state index in [0.717, 1.165) is 52.6 Å². The first-order valence-corrected chi connectivity index (χ1v) is 15.8. The van der Waals surface area contributed by atoms with Gasteiger partial charge < -0.3 is 4.74 Å². The van der Waals surface area contributed by atoms with E-state index in [1.807, 2.05) is 24.3 Å². The van der Waals surface area contributed by atoms with Crippen LogP contribution in [0.2, 0.25) is 0 Å². The highest BCUT2D eigenvalue weighted by Gasteiger charge is 2.63. The minimum absolute atomic E-state index is 0.201. The number of rotatable bonds is 4. The van der Waals surface area contributed by atoms with Gasteiger partial charge in [-0.05, 0) is 116 Å². The van der Waals surface area contributed by atoms with Gasteiger partial charge >= 0.3 is 0 Å². The standard InChI is InChI=1S/C33H45BrO4/c1-20(22(3)35)27-12-13-28-26-11-8-24-18-33(17-16-31(24,4)29(26)14-15-32(27,28)5)36-19-30(37-38-33)21(2)23-6-9-25(34)10-7-23/h6-7,9-10,20,24,26-30H,2,8,11-19H2,1,3-5H3/t20-,24-,26+,27-,28+,29+,30?,31+,32-,33?/m1/s1. The summed E-state index contributed by atoms with van der Waals surface area (Å²) in [4.78, 5) is 24.5. The predicted octanol–water partition coefficient (Wildman–Crippen LogP) is 8.39. The summed E-state index contributed by atoms with van der Waals surface area (Å²) in [5.41, 5.74) is 2.62. The summed E-state index contributed by atoms with van der Waals surface area (Å²) in [5, 5.41) is 0. The third kappa shape index (κ3) is 4.30. The zero-order valence-corrected chi connectivity index (χ0v) is 25.2. The summed E-state index contributed by atoms with van der Waals surface area (Å²) >= 11 is 3.50. The van der Waals surface area contributed by atoms with E-state index in [9.17, 15) is 4.79 Å². The molecule has 2 unspecified atom stereocenters. The third-order valence-electron chi connectivity index (χ3n) is 12.4. The number of ether oxygens (including phenoxy) is 1. The molecule has 0 N–H and O–H groups in total. The van der Waals surface area contributed by atoms with Crippen LogP contribution < -0.4 is 0 Å². The van der Waals surface area contributed by atoms with E-state index in [1.54, 1.807) is 6.92 Å². The van der Waals surface area contributed by atoms with Gasteiger partial charge in [0.2, 0.25) is 5.79 Å². The van der Waals surface area contributed by atoms with Crippen LogP contribution in [0.5, 0.6) is 0 Å². The molecule has 1 aliphatic heterocycles. The second kappa shape index (κ2) is 9.82. The maximum absolute atomic E-state index is 12.3. The highest BCUT2D eigenvalue weighted by Crippen LogP contribution is 2.69. The van der Waals surface area contributed by atoms with Crippen LogP contribution in [0.4, 0.5) is 0 Å². The summed E-state index contributed by atoms with van der Waals surface area (Å²) in [5.74, 6) is 3.48. The fourth-order valence-electron chi connectivity index (χ4n) is 9.98. The normalized spacial score (nSPS) is 45.1. The highest BCUT2D eigenvalue weighted by atomic mass is 79.9. The van der Waals surface area contributed by atoms with Crippen molar-refractivity contribution in [3.05, 3.63) is 40.9 Å². The van der Waals surface area contributed by atoms with Crippen molar-refractivity contribution in [2.45, 2.75) is 97.4 Å². The molecule has 10 atom stereocenters. The van der Waals surface area contributed by atoms with Crippen molar-refractivity contribution >= 4 is 27.3 Å². The molecule has 1 spiro atoms. The number of halogens is 1. The Balaban J connectivity index is 1.12. The average molecular weight is 586 g/mol. The monoisotopic (exact) mass is 584 g/mol. The van der Waals surface area contributed by atoms with Crippen LogP contribution in [0.25, 0.3) is 5.57 Å². The summed E-state index contributed by atoms with van der Waals surface area (Å²) < 4.78 is 7.56. The number of hydrogen-bond donors (Lipinski definition) is 0. The van der Waals surface area contributed by atoms with Crippen LogP contribution in [0.1, 0.15) is 91.0 Å². The number of hydrogen-bond acceptors (Lipinski definition) is 4. The molecule has 4 aliphatic carbocycles. The van der Waals surface area contributed by atoms with Crippen LogP contribution in [0.3, 0.4) is 0 Å². The van der Waals surface area contributed by atoms with E-state index in [1.165, 1.54) is 38.5 Å². The van der Waals surface area contributed by atoms with Crippen LogP contribution in [0, 0.1) is 46.3 Å². The van der Waals surface area contributed by atoms with Crippen molar-refractivity contribution in [2.24, 2.45) is 46.3 Å². The van der Waals surface area contributed by atoms with Crippen LogP contribution in [-0.4, -0.2) is 24.3 Å². The van der Waals surface area contributed by atoms with Gasteiger partial charge in [-0.1, -0.05) is 55.4 Å². The lowest BCUT2D eigenvalue weighted by Crippen LogP contribution is -2.58. The van der Waals surface area contributed by atoms with E-state index in [4.69, 9.17) is 14.5 Å². The SMILES string of the molecule is C=C(c1ccc(Br)cc1)C1COC2(CC[C@@]3(C)[C@H](CC[C@@H]4[C@@H]3CC[C@]3(C)[C@@H]([C@H](C)C(C)=O)CC[C@@H]43)C2)OO1. The Kier molecular flexibility index (Phi) is 7.02. The zero-order valence-electron chi connectivity index (χ0n) is 23.6. The highest BCUT2D eigenvalue weighted by molar-refractivity contribution is 9.10. The predicted molar refractivity (Wildman–Crippen MR) is 153 cm³/mol. The molecule has 6 rings (SSSR count). The molecule has 1 aromatic rings. The van der Waals surface area contributed by atoms with Gasteiger partial charge in [0.15, 0.2) is 0 Å². The lowest BCUT2D eigenvalue weighted by molar-refractivity contribution is -0.489. The van der Waals surface area contributed by atoms with Gasteiger partial charge in [-0.3, -0.25) is 4.79 Å². The zero-order chi connectivity index (χ0) is 26.9. The van der Waals surface area contributed by atoms with Crippen molar-refractivity contribution < 1.29 is 19.3 Å². The van der Waals surface area contributed by atoms with Gasteiger partial charge in [0.1, 0.15) is 11.9 Å². The van der Waals surface area contributed by atoms with Gasteiger partial charge in [0.25, 0.3) is 0 Å². The molecule has 0 bridgehead atoms. The number of ketones is 1. The second-order valence-electron chi connectivity index (χ2n) is 13.9. The van der Waals surface area contributed by atoms with Crippen molar-refractivity contribution in [3.63, 3.8) is 0 Å². The summed E-state index contributed by atoms with van der Waals surface area (Å²) in [6, 6.07) is 8.14. The molecule has 5 heteroatoms. The quantitative estimate of drug-likeness (QED) is 0.333. The van der Waals surface area contributed by atoms with E-state index < -0.39 is 5.79 Å². The lowest BCUT2D eigenvalue weighted by atomic mass is 9.44. The molecule has 4 nitrogen and oxygen atoms in total. The Morgan fingerprint density at radius 3 is 2.42 bits per heavy atom. The van der Waals surface area contributed by atoms with Gasteiger partial charge in [0, 0.05) is 23.2 Å². The van der Waals surface area contributed by atoms with Gasteiger partial charge in [-0.25, -0.2) is 9.78 Å². The second-order valence-corrected chi connectivity index (χ2v) is 14.8. The van der Waals surface area contributed by atoms with Gasteiger partial charge in [-0.2, -0.15) is 0 Å². The van der Waals surface area contributed by atoms with E-state index in [0.29, 0.717) is 35.1 Å². The van der Waals surface area contributed by atoms with E-state index in [2.05, 4.69) is 43.3 Å². The Hall–Kier alpha value is -1.01. The maximum Gasteiger partial charge on any atom is 0.202 e. The Morgan fingerprint density at radius 2 is 1.74 bits per heavy atom. The van der Waals surface area contributed by atoms with Crippen molar-refractivity contribution in [1.29, 1.82) is 0 Å². The van der Waals surface area contributed by atoms with Crippen molar-refractivity contribution in [3.8, 4) is 0 Å². The number of carbonyl (C=O) groups is 1. The van der Waals surface area contributed by atoms with Crippen LogP contribution in [-0.2, 0) is 19.3 Å².